The van der Waals surface area contributed by atoms with Crippen molar-refractivity contribution < 1.29 is 19.1 Å². The number of fused-ring (bicyclic) bond motifs is 1. The molecule has 3 N–H and O–H groups in total. The maximum Gasteiger partial charge on any atom is 0.324 e. The highest BCUT2D eigenvalue weighted by Gasteiger charge is 2.38. The van der Waals surface area contributed by atoms with Gasteiger partial charge in [-0.15, -0.1) is 0 Å². The molecule has 1 aromatic rings. The molecular weight excluding hydrogens is 251 g/mol. The first-order valence-electron chi connectivity index (χ1n) is 5.92. The normalized spacial score (nSPS) is 22.6. The van der Waals surface area contributed by atoms with E-state index in [0.717, 1.165) is 0 Å². The van der Waals surface area contributed by atoms with Gasteiger partial charge in [0.1, 0.15) is 11.4 Å². The molecule has 0 saturated heterocycles. The summed E-state index contributed by atoms with van der Waals surface area (Å²) in [5, 5.41) is 9.22. The molecule has 6 heteroatoms. The molecule has 1 amide bonds. The fraction of sp³-hybridized carbons (Fsp3) is 0.385. The monoisotopic (exact) mass is 266 g/mol. The average Bonchev–Trinajstić information content (AvgIpc) is 2.45. The summed E-state index contributed by atoms with van der Waals surface area (Å²) in [5.41, 5.74) is 5.36. The van der Waals surface area contributed by atoms with Gasteiger partial charge in [-0.25, -0.2) is 4.39 Å². The van der Waals surface area contributed by atoms with Crippen LogP contribution in [-0.2, 0) is 16.0 Å². The number of amides is 1. The Morgan fingerprint density at radius 2 is 2.16 bits per heavy atom. The largest absolute Gasteiger partial charge is 0.480 e. The minimum atomic E-state index is -1.48. The van der Waals surface area contributed by atoms with Gasteiger partial charge in [0.05, 0.1) is 0 Å². The Kier molecular flexibility index (Phi) is 3.28. The highest BCUT2D eigenvalue weighted by molar-refractivity contribution is 5.93. The number of hydrogen-bond acceptors (Lipinski definition) is 3. The minimum absolute atomic E-state index is 0.000787. The van der Waals surface area contributed by atoms with Crippen LogP contribution in [0.1, 0.15) is 18.9 Å². The maximum atomic E-state index is 13.3. The molecule has 0 radical (unpaired) electrons. The van der Waals surface area contributed by atoms with Crippen LogP contribution in [0.3, 0.4) is 0 Å². The van der Waals surface area contributed by atoms with Gasteiger partial charge < -0.3 is 15.7 Å². The van der Waals surface area contributed by atoms with Crippen LogP contribution >= 0.6 is 0 Å². The summed E-state index contributed by atoms with van der Waals surface area (Å²) in [5.74, 6) is -1.84. The van der Waals surface area contributed by atoms with Gasteiger partial charge in [0, 0.05) is 25.6 Å². The highest BCUT2D eigenvalue weighted by atomic mass is 19.1. The number of carbonyl (C=O) groups excluding carboxylic acids is 1. The van der Waals surface area contributed by atoms with Gasteiger partial charge in [0.15, 0.2) is 0 Å². The number of carboxylic acids is 1. The van der Waals surface area contributed by atoms with Crippen LogP contribution in [-0.4, -0.2) is 29.1 Å². The first-order valence-corrected chi connectivity index (χ1v) is 5.92. The van der Waals surface area contributed by atoms with E-state index in [1.165, 1.54) is 30.0 Å². The molecule has 2 rings (SSSR count). The van der Waals surface area contributed by atoms with Gasteiger partial charge in [-0.3, -0.25) is 9.59 Å². The van der Waals surface area contributed by atoms with E-state index < -0.39 is 17.3 Å². The van der Waals surface area contributed by atoms with E-state index in [1.807, 2.05) is 0 Å². The molecule has 0 aromatic heterocycles. The Balaban J connectivity index is 2.53. The Hall–Kier alpha value is -1.95. The predicted octanol–water partition coefficient (Wildman–Crippen LogP) is 0.907. The minimum Gasteiger partial charge on any atom is -0.480 e. The molecule has 1 aromatic carbocycles. The van der Waals surface area contributed by atoms with Crippen LogP contribution in [0.4, 0.5) is 10.1 Å². The molecular formula is C13H15FN2O3. The van der Waals surface area contributed by atoms with Crippen molar-refractivity contribution >= 4 is 17.6 Å². The fourth-order valence-electron chi connectivity index (χ4n) is 2.33. The van der Waals surface area contributed by atoms with Crippen molar-refractivity contribution in [2.24, 2.45) is 5.73 Å². The third-order valence-corrected chi connectivity index (χ3v) is 3.43. The molecule has 0 saturated carbocycles. The zero-order valence-corrected chi connectivity index (χ0v) is 10.5. The van der Waals surface area contributed by atoms with Gasteiger partial charge in [-0.05, 0) is 30.2 Å². The summed E-state index contributed by atoms with van der Waals surface area (Å²) in [6.07, 6.45) is 0.122. The van der Waals surface area contributed by atoms with Gasteiger partial charge in [0.2, 0.25) is 5.91 Å². The van der Waals surface area contributed by atoms with Gasteiger partial charge in [0.25, 0.3) is 0 Å². The van der Waals surface area contributed by atoms with Crippen LogP contribution in [0.5, 0.6) is 0 Å². The highest BCUT2D eigenvalue weighted by Crippen LogP contribution is 2.30. The summed E-state index contributed by atoms with van der Waals surface area (Å²) in [6.45, 7) is 1.59. The van der Waals surface area contributed by atoms with Crippen molar-refractivity contribution in [1.29, 1.82) is 0 Å². The van der Waals surface area contributed by atoms with Crippen LogP contribution in [0.2, 0.25) is 0 Å². The molecule has 0 aliphatic carbocycles. The second-order valence-electron chi connectivity index (χ2n) is 4.83. The summed E-state index contributed by atoms with van der Waals surface area (Å²) >= 11 is 0. The quantitative estimate of drug-likeness (QED) is 0.791. The molecule has 1 atom stereocenters. The zero-order valence-electron chi connectivity index (χ0n) is 10.5. The van der Waals surface area contributed by atoms with E-state index in [4.69, 9.17) is 5.73 Å². The molecule has 19 heavy (non-hydrogen) atoms. The smallest absolute Gasteiger partial charge is 0.324 e. The second-order valence-corrected chi connectivity index (χ2v) is 4.83. The van der Waals surface area contributed by atoms with E-state index >= 15 is 0 Å². The lowest BCUT2D eigenvalue weighted by Gasteiger charge is -2.23. The Morgan fingerprint density at radius 3 is 2.74 bits per heavy atom. The molecule has 1 heterocycles. The molecule has 0 bridgehead atoms. The SMILES string of the molecule is CC(=O)N1CCC(N)(C(=O)O)Cc2cc(F)ccc21. The number of halogens is 1. The fourth-order valence-corrected chi connectivity index (χ4v) is 2.33. The number of aliphatic carboxylic acids is 1. The van der Waals surface area contributed by atoms with Gasteiger partial charge in [-0.1, -0.05) is 0 Å². The van der Waals surface area contributed by atoms with Gasteiger partial charge in [-0.2, -0.15) is 0 Å². The maximum absolute atomic E-state index is 13.3. The molecule has 1 aliphatic rings. The summed E-state index contributed by atoms with van der Waals surface area (Å²) in [4.78, 5) is 24.3. The molecule has 102 valence electrons. The van der Waals surface area contributed by atoms with E-state index in [-0.39, 0.29) is 25.3 Å². The lowest BCUT2D eigenvalue weighted by Crippen LogP contribution is -2.50. The summed E-state index contributed by atoms with van der Waals surface area (Å²) in [7, 11) is 0. The summed E-state index contributed by atoms with van der Waals surface area (Å²) < 4.78 is 13.3. The average molecular weight is 266 g/mol. The standard InChI is InChI=1S/C13H15FN2O3/c1-8(17)16-5-4-13(15,12(18)19)7-9-6-10(14)2-3-11(9)16/h2-3,6H,4-5,7,15H2,1H3,(H,18,19). The summed E-state index contributed by atoms with van der Waals surface area (Å²) in [6, 6.07) is 3.97. The molecule has 0 spiro atoms. The van der Waals surface area contributed by atoms with Crippen LogP contribution < -0.4 is 10.6 Å². The van der Waals surface area contributed by atoms with Crippen molar-refractivity contribution in [3.05, 3.63) is 29.6 Å². The van der Waals surface area contributed by atoms with Crippen LogP contribution in [0.25, 0.3) is 0 Å². The molecule has 1 unspecified atom stereocenters. The lowest BCUT2D eigenvalue weighted by molar-refractivity contribution is -0.143. The molecule has 5 nitrogen and oxygen atoms in total. The van der Waals surface area contributed by atoms with Crippen molar-refractivity contribution in [1.82, 2.24) is 0 Å². The number of anilines is 1. The topological polar surface area (TPSA) is 83.6 Å². The number of carbonyl (C=O) groups is 2. The number of hydrogen-bond donors (Lipinski definition) is 2. The molecule has 1 aliphatic heterocycles. The van der Waals surface area contributed by atoms with Crippen molar-refractivity contribution in [3.63, 3.8) is 0 Å². The third-order valence-electron chi connectivity index (χ3n) is 3.43. The zero-order chi connectivity index (χ0) is 14.2. The van der Waals surface area contributed by atoms with E-state index in [1.54, 1.807) is 0 Å². The number of nitrogens with two attached hydrogens (primary N) is 1. The van der Waals surface area contributed by atoms with Crippen molar-refractivity contribution in [3.8, 4) is 0 Å². The first-order chi connectivity index (χ1) is 8.83. The molecule has 0 fully saturated rings. The van der Waals surface area contributed by atoms with Crippen LogP contribution in [0.15, 0.2) is 18.2 Å². The van der Waals surface area contributed by atoms with Crippen molar-refractivity contribution in [2.45, 2.75) is 25.3 Å². The predicted molar refractivity (Wildman–Crippen MR) is 67.3 cm³/mol. The number of nitrogens with zero attached hydrogens (tertiary/aromatic N) is 1. The van der Waals surface area contributed by atoms with Gasteiger partial charge >= 0.3 is 5.97 Å². The second kappa shape index (κ2) is 4.62. The Labute approximate surface area is 109 Å². The van der Waals surface area contributed by atoms with E-state index in [0.29, 0.717) is 11.3 Å². The number of benzene rings is 1. The number of carboxylic acid groups (broad SMARTS) is 1. The van der Waals surface area contributed by atoms with E-state index in [9.17, 15) is 19.1 Å². The van der Waals surface area contributed by atoms with E-state index in [2.05, 4.69) is 0 Å². The number of rotatable bonds is 1. The first kappa shape index (κ1) is 13.5. The Morgan fingerprint density at radius 1 is 1.47 bits per heavy atom. The Bertz CT molecular complexity index is 547. The third kappa shape index (κ3) is 2.44. The lowest BCUT2D eigenvalue weighted by atomic mass is 9.89. The van der Waals surface area contributed by atoms with Crippen molar-refractivity contribution in [2.75, 3.05) is 11.4 Å². The van der Waals surface area contributed by atoms with Crippen LogP contribution in [0, 0.1) is 5.82 Å².